The molecule has 0 aliphatic carbocycles. The van der Waals surface area contributed by atoms with Gasteiger partial charge in [-0.2, -0.15) is 5.26 Å². The molecule has 0 amide bonds. The molecule has 1 aliphatic heterocycles. The van der Waals surface area contributed by atoms with E-state index in [9.17, 15) is 0 Å². The van der Waals surface area contributed by atoms with Gasteiger partial charge in [-0.25, -0.2) is 0 Å². The minimum atomic E-state index is 0. The SMILES string of the molecule is Cl.N#CCC1CCCNC1.O. The maximum absolute atomic E-state index is 8.34. The van der Waals surface area contributed by atoms with Gasteiger partial charge in [0, 0.05) is 6.42 Å². The number of nitriles is 1. The first-order valence-corrected chi connectivity index (χ1v) is 3.51. The number of piperidine rings is 1. The van der Waals surface area contributed by atoms with E-state index >= 15 is 0 Å². The van der Waals surface area contributed by atoms with Crippen molar-refractivity contribution in [1.29, 1.82) is 5.26 Å². The molecule has 0 spiro atoms. The fourth-order valence-corrected chi connectivity index (χ4v) is 1.23. The molecule has 3 N–H and O–H groups in total. The Bertz CT molecular complexity index is 118. The van der Waals surface area contributed by atoms with Gasteiger partial charge in [-0.15, -0.1) is 12.4 Å². The van der Waals surface area contributed by atoms with Crippen LogP contribution in [0.1, 0.15) is 19.3 Å². The fraction of sp³-hybridized carbons (Fsp3) is 0.857. The molecular formula is C7H15ClN2O. The molecule has 1 heterocycles. The van der Waals surface area contributed by atoms with Crippen molar-refractivity contribution in [2.24, 2.45) is 5.92 Å². The van der Waals surface area contributed by atoms with Gasteiger partial charge in [-0.05, 0) is 31.8 Å². The first kappa shape index (κ1) is 13.3. The first-order valence-electron chi connectivity index (χ1n) is 3.51. The number of hydrogen-bond acceptors (Lipinski definition) is 2. The first-order chi connectivity index (χ1) is 4.43. The van der Waals surface area contributed by atoms with Crippen LogP contribution in [-0.4, -0.2) is 18.6 Å². The molecule has 1 unspecified atom stereocenters. The minimum absolute atomic E-state index is 0. The summed E-state index contributed by atoms with van der Waals surface area (Å²) in [5, 5.41) is 11.6. The summed E-state index contributed by atoms with van der Waals surface area (Å²) in [4.78, 5) is 0. The number of halogens is 1. The molecule has 0 aromatic heterocycles. The monoisotopic (exact) mass is 178 g/mol. The molecule has 1 rings (SSSR count). The molecule has 3 nitrogen and oxygen atoms in total. The lowest BCUT2D eigenvalue weighted by Crippen LogP contribution is -2.29. The maximum Gasteiger partial charge on any atom is 0.0625 e. The topological polar surface area (TPSA) is 67.3 Å². The van der Waals surface area contributed by atoms with Crippen molar-refractivity contribution < 1.29 is 5.48 Å². The van der Waals surface area contributed by atoms with Crippen LogP contribution in [0.25, 0.3) is 0 Å². The van der Waals surface area contributed by atoms with Crippen LogP contribution in [0.4, 0.5) is 0 Å². The average Bonchev–Trinajstić information content (AvgIpc) is 1.91. The van der Waals surface area contributed by atoms with Crippen LogP contribution in [0, 0.1) is 17.2 Å². The molecule has 1 fully saturated rings. The largest absolute Gasteiger partial charge is 0.412 e. The van der Waals surface area contributed by atoms with E-state index in [1.54, 1.807) is 0 Å². The zero-order valence-electron chi connectivity index (χ0n) is 6.47. The Balaban J connectivity index is 0. The Morgan fingerprint density at radius 2 is 2.27 bits per heavy atom. The highest BCUT2D eigenvalue weighted by atomic mass is 35.5. The Labute approximate surface area is 73.5 Å². The second kappa shape index (κ2) is 7.80. The van der Waals surface area contributed by atoms with E-state index in [0.717, 1.165) is 19.5 Å². The minimum Gasteiger partial charge on any atom is -0.412 e. The Hall–Kier alpha value is -0.300. The number of nitrogens with zero attached hydrogens (tertiary/aromatic N) is 1. The highest BCUT2D eigenvalue weighted by molar-refractivity contribution is 5.85. The molecule has 0 aromatic rings. The molecule has 0 aromatic carbocycles. The molecule has 11 heavy (non-hydrogen) atoms. The van der Waals surface area contributed by atoms with Gasteiger partial charge in [-0.3, -0.25) is 0 Å². The molecule has 0 saturated carbocycles. The zero-order valence-corrected chi connectivity index (χ0v) is 7.28. The number of nitrogens with one attached hydrogen (secondary N) is 1. The predicted octanol–water partition coefficient (Wildman–Crippen LogP) is 0.497. The van der Waals surface area contributed by atoms with E-state index in [1.807, 2.05) is 0 Å². The highest BCUT2D eigenvalue weighted by Crippen LogP contribution is 2.12. The van der Waals surface area contributed by atoms with Crippen LogP contribution >= 0.6 is 12.4 Å². The zero-order chi connectivity index (χ0) is 6.53. The van der Waals surface area contributed by atoms with E-state index in [0.29, 0.717) is 5.92 Å². The van der Waals surface area contributed by atoms with Crippen molar-refractivity contribution in [1.82, 2.24) is 5.32 Å². The molecule has 0 bridgehead atoms. The molecule has 1 aliphatic rings. The molecule has 1 saturated heterocycles. The van der Waals surface area contributed by atoms with Gasteiger partial charge in [0.25, 0.3) is 0 Å². The van der Waals surface area contributed by atoms with Crippen LogP contribution < -0.4 is 5.32 Å². The average molecular weight is 179 g/mol. The molecular weight excluding hydrogens is 164 g/mol. The summed E-state index contributed by atoms with van der Waals surface area (Å²) in [7, 11) is 0. The Morgan fingerprint density at radius 1 is 1.55 bits per heavy atom. The number of rotatable bonds is 1. The molecule has 1 atom stereocenters. The fourth-order valence-electron chi connectivity index (χ4n) is 1.23. The van der Waals surface area contributed by atoms with Crippen molar-refractivity contribution in [3.8, 4) is 6.07 Å². The molecule has 0 radical (unpaired) electrons. The van der Waals surface area contributed by atoms with Gasteiger partial charge >= 0.3 is 0 Å². The second-order valence-corrected chi connectivity index (χ2v) is 2.57. The van der Waals surface area contributed by atoms with Crippen LogP contribution in [-0.2, 0) is 0 Å². The summed E-state index contributed by atoms with van der Waals surface area (Å²) in [6.45, 7) is 2.19. The second-order valence-electron chi connectivity index (χ2n) is 2.57. The lowest BCUT2D eigenvalue weighted by Gasteiger charge is -2.19. The molecule has 66 valence electrons. The summed E-state index contributed by atoms with van der Waals surface area (Å²) in [5.74, 6) is 0.628. The van der Waals surface area contributed by atoms with Gasteiger partial charge in [0.1, 0.15) is 0 Å². The quantitative estimate of drug-likeness (QED) is 0.636. The van der Waals surface area contributed by atoms with Crippen molar-refractivity contribution in [3.63, 3.8) is 0 Å². The molecule has 4 heteroatoms. The van der Waals surface area contributed by atoms with Gasteiger partial charge in [0.2, 0.25) is 0 Å². The summed E-state index contributed by atoms with van der Waals surface area (Å²) in [5.41, 5.74) is 0. The summed E-state index contributed by atoms with van der Waals surface area (Å²) >= 11 is 0. The van der Waals surface area contributed by atoms with Gasteiger partial charge in [0.05, 0.1) is 6.07 Å². The van der Waals surface area contributed by atoms with Crippen LogP contribution in [0.15, 0.2) is 0 Å². The van der Waals surface area contributed by atoms with Crippen molar-refractivity contribution in [2.45, 2.75) is 19.3 Å². The van der Waals surface area contributed by atoms with Gasteiger partial charge in [-0.1, -0.05) is 0 Å². The highest BCUT2D eigenvalue weighted by Gasteiger charge is 2.10. The van der Waals surface area contributed by atoms with Gasteiger partial charge < -0.3 is 10.8 Å². The number of hydrogen-bond donors (Lipinski definition) is 1. The Morgan fingerprint density at radius 3 is 2.73 bits per heavy atom. The lowest BCUT2D eigenvalue weighted by molar-refractivity contribution is 0.383. The summed E-state index contributed by atoms with van der Waals surface area (Å²) in [6.07, 6.45) is 3.21. The van der Waals surface area contributed by atoms with Crippen LogP contribution in [0.5, 0.6) is 0 Å². The third kappa shape index (κ3) is 5.02. The van der Waals surface area contributed by atoms with E-state index in [1.165, 1.54) is 12.8 Å². The summed E-state index contributed by atoms with van der Waals surface area (Å²) in [6, 6.07) is 2.20. The third-order valence-electron chi connectivity index (χ3n) is 1.78. The smallest absolute Gasteiger partial charge is 0.0625 e. The standard InChI is InChI=1S/C7H12N2.ClH.H2O/c8-4-3-7-2-1-5-9-6-7;;/h7,9H,1-3,5-6H2;1H;1H2. The van der Waals surface area contributed by atoms with E-state index in [2.05, 4.69) is 11.4 Å². The normalized spacial score (nSPS) is 22.3. The summed E-state index contributed by atoms with van der Waals surface area (Å²) < 4.78 is 0. The van der Waals surface area contributed by atoms with Crippen LogP contribution in [0.2, 0.25) is 0 Å². The van der Waals surface area contributed by atoms with E-state index in [-0.39, 0.29) is 17.9 Å². The van der Waals surface area contributed by atoms with Crippen molar-refractivity contribution >= 4 is 12.4 Å². The van der Waals surface area contributed by atoms with Crippen molar-refractivity contribution in [3.05, 3.63) is 0 Å². The predicted molar refractivity (Wildman–Crippen MR) is 46.7 cm³/mol. The van der Waals surface area contributed by atoms with Crippen LogP contribution in [0.3, 0.4) is 0 Å². The maximum atomic E-state index is 8.34. The van der Waals surface area contributed by atoms with Gasteiger partial charge in [0.15, 0.2) is 0 Å². The van der Waals surface area contributed by atoms with Crippen molar-refractivity contribution in [2.75, 3.05) is 13.1 Å². The van der Waals surface area contributed by atoms with E-state index in [4.69, 9.17) is 5.26 Å². The van der Waals surface area contributed by atoms with E-state index < -0.39 is 0 Å². The Kier molecular flexibility index (Phi) is 9.44. The third-order valence-corrected chi connectivity index (χ3v) is 1.78. The lowest BCUT2D eigenvalue weighted by atomic mass is 9.97.